The lowest BCUT2D eigenvalue weighted by Gasteiger charge is -2.23. The van der Waals surface area contributed by atoms with Gasteiger partial charge in [0.15, 0.2) is 0 Å². The minimum absolute atomic E-state index is 0. The Morgan fingerprint density at radius 2 is 1.93 bits per heavy atom. The van der Waals surface area contributed by atoms with Crippen molar-refractivity contribution in [3.63, 3.8) is 0 Å². The second-order valence-electron chi connectivity index (χ2n) is 6.20. The normalized spacial score (nSPS) is 16.6. The first-order chi connectivity index (χ1) is 12.1. The van der Waals surface area contributed by atoms with E-state index < -0.39 is 44.2 Å². The molecule has 0 radical (unpaired) electrons. The van der Waals surface area contributed by atoms with Gasteiger partial charge in [-0.2, -0.15) is 13.2 Å². The number of alkyl halides is 3. The summed E-state index contributed by atoms with van der Waals surface area (Å²) in [5.74, 6) is -1.13. The number of carbonyl (C=O) groups excluding carboxylic acids is 1. The lowest BCUT2D eigenvalue weighted by Crippen LogP contribution is -2.44. The maximum atomic E-state index is 13.2. The molecule has 1 fully saturated rings. The predicted octanol–water partition coefficient (Wildman–Crippen LogP) is 2.71. The van der Waals surface area contributed by atoms with Gasteiger partial charge in [-0.1, -0.05) is 12.8 Å². The largest absolute Gasteiger partial charge is 0.465 e. The van der Waals surface area contributed by atoms with Crippen molar-refractivity contribution in [3.05, 3.63) is 29.3 Å². The molecule has 1 atom stereocenters. The number of sulfonamides is 1. The van der Waals surface area contributed by atoms with Crippen LogP contribution in [-0.4, -0.2) is 34.1 Å². The van der Waals surface area contributed by atoms with E-state index in [9.17, 15) is 26.4 Å². The zero-order chi connectivity index (χ0) is 19.5. The number of benzene rings is 1. The molecule has 0 aliphatic heterocycles. The number of methoxy groups -OCH3 is 1. The van der Waals surface area contributed by atoms with Gasteiger partial charge in [0.25, 0.3) is 0 Å². The number of esters is 1. The summed E-state index contributed by atoms with van der Waals surface area (Å²) in [5, 5.41) is 0. The molecule has 1 aliphatic rings. The summed E-state index contributed by atoms with van der Waals surface area (Å²) in [6.45, 7) is 0.0519. The summed E-state index contributed by atoms with van der Waals surface area (Å²) in [6.07, 6.45) is -1.34. The van der Waals surface area contributed by atoms with E-state index in [1.807, 2.05) is 0 Å². The molecular formula is C16H22ClF3N2O4S. The molecule has 27 heavy (non-hydrogen) atoms. The Labute approximate surface area is 162 Å². The fourth-order valence-corrected chi connectivity index (χ4v) is 4.52. The number of hydrogen-bond acceptors (Lipinski definition) is 5. The molecule has 1 aliphatic carbocycles. The van der Waals surface area contributed by atoms with Crippen molar-refractivity contribution in [2.24, 2.45) is 11.7 Å². The van der Waals surface area contributed by atoms with E-state index in [1.54, 1.807) is 0 Å². The Hall–Kier alpha value is -1.36. The van der Waals surface area contributed by atoms with Gasteiger partial charge in [0.2, 0.25) is 10.0 Å². The van der Waals surface area contributed by atoms with Crippen LogP contribution in [0.15, 0.2) is 23.1 Å². The molecule has 0 spiro atoms. The van der Waals surface area contributed by atoms with E-state index in [0.717, 1.165) is 44.9 Å². The molecule has 1 saturated carbocycles. The zero-order valence-electron chi connectivity index (χ0n) is 14.6. The average Bonchev–Trinajstić information content (AvgIpc) is 3.12. The lowest BCUT2D eigenvalue weighted by atomic mass is 9.99. The number of hydrogen-bond donors (Lipinski definition) is 2. The topological polar surface area (TPSA) is 98.5 Å². The smallest absolute Gasteiger partial charge is 0.417 e. The number of halogens is 4. The Bertz CT molecular complexity index is 765. The molecular weight excluding hydrogens is 409 g/mol. The van der Waals surface area contributed by atoms with Crippen LogP contribution in [0.5, 0.6) is 0 Å². The van der Waals surface area contributed by atoms with Gasteiger partial charge < -0.3 is 10.5 Å². The van der Waals surface area contributed by atoms with E-state index >= 15 is 0 Å². The van der Waals surface area contributed by atoms with E-state index in [2.05, 4.69) is 9.46 Å². The molecule has 154 valence electrons. The van der Waals surface area contributed by atoms with Gasteiger partial charge in [-0.15, -0.1) is 12.4 Å². The molecule has 1 aromatic rings. The Balaban J connectivity index is 0.00000364. The van der Waals surface area contributed by atoms with Crippen molar-refractivity contribution in [2.45, 2.75) is 42.8 Å². The van der Waals surface area contributed by atoms with Crippen LogP contribution in [0.25, 0.3) is 0 Å². The Morgan fingerprint density at radius 3 is 2.41 bits per heavy atom. The van der Waals surface area contributed by atoms with Gasteiger partial charge in [0.05, 0.1) is 23.1 Å². The fraction of sp³-hybridized carbons (Fsp3) is 0.562. The first-order valence-electron chi connectivity index (χ1n) is 8.12. The summed E-state index contributed by atoms with van der Waals surface area (Å²) in [7, 11) is -3.28. The van der Waals surface area contributed by atoms with Crippen LogP contribution in [0, 0.1) is 5.92 Å². The summed E-state index contributed by atoms with van der Waals surface area (Å²) in [4.78, 5) is 11.0. The molecule has 1 unspecified atom stereocenters. The summed E-state index contributed by atoms with van der Waals surface area (Å²) >= 11 is 0. The SMILES string of the molecule is COC(=O)c1ccc(S(=O)(=O)NC(CN)C2CCCC2)cc1C(F)(F)F.Cl. The second kappa shape index (κ2) is 9.22. The van der Waals surface area contributed by atoms with Crippen LogP contribution < -0.4 is 10.5 Å². The number of nitrogens with one attached hydrogen (secondary N) is 1. The molecule has 3 N–H and O–H groups in total. The molecule has 1 aromatic carbocycles. The number of carbonyl (C=O) groups is 1. The molecule has 0 bridgehead atoms. The summed E-state index contributed by atoms with van der Waals surface area (Å²) in [5.41, 5.74) is 3.54. The van der Waals surface area contributed by atoms with E-state index in [0.29, 0.717) is 6.07 Å². The highest BCUT2D eigenvalue weighted by atomic mass is 35.5. The monoisotopic (exact) mass is 430 g/mol. The van der Waals surface area contributed by atoms with Crippen molar-refractivity contribution in [3.8, 4) is 0 Å². The molecule has 0 amide bonds. The molecule has 0 heterocycles. The first-order valence-corrected chi connectivity index (χ1v) is 9.60. The van der Waals surface area contributed by atoms with Gasteiger partial charge in [-0.05, 0) is 37.0 Å². The highest BCUT2D eigenvalue weighted by Gasteiger charge is 2.37. The minimum atomic E-state index is -4.91. The molecule has 11 heteroatoms. The first kappa shape index (κ1) is 23.7. The van der Waals surface area contributed by atoms with Crippen LogP contribution in [0.4, 0.5) is 13.2 Å². The minimum Gasteiger partial charge on any atom is -0.465 e. The molecule has 0 saturated heterocycles. The summed E-state index contributed by atoms with van der Waals surface area (Å²) < 4.78 is 71.5. The second-order valence-corrected chi connectivity index (χ2v) is 7.92. The van der Waals surface area contributed by atoms with Crippen LogP contribution in [-0.2, 0) is 20.9 Å². The maximum absolute atomic E-state index is 13.2. The maximum Gasteiger partial charge on any atom is 0.417 e. The van der Waals surface area contributed by atoms with Crippen molar-refractivity contribution in [1.82, 2.24) is 4.72 Å². The van der Waals surface area contributed by atoms with Gasteiger partial charge >= 0.3 is 12.1 Å². The highest BCUT2D eigenvalue weighted by molar-refractivity contribution is 7.89. The van der Waals surface area contributed by atoms with Crippen LogP contribution >= 0.6 is 12.4 Å². The molecule has 6 nitrogen and oxygen atoms in total. The number of nitrogens with two attached hydrogens (primary N) is 1. The van der Waals surface area contributed by atoms with Crippen molar-refractivity contribution < 1.29 is 31.1 Å². The summed E-state index contributed by atoms with van der Waals surface area (Å²) in [6, 6.07) is 1.65. The fourth-order valence-electron chi connectivity index (χ4n) is 3.18. The van der Waals surface area contributed by atoms with Crippen molar-refractivity contribution in [1.29, 1.82) is 0 Å². The van der Waals surface area contributed by atoms with Crippen molar-refractivity contribution in [2.75, 3.05) is 13.7 Å². The number of ether oxygens (including phenoxy) is 1. The van der Waals surface area contributed by atoms with E-state index in [4.69, 9.17) is 5.73 Å². The zero-order valence-corrected chi connectivity index (χ0v) is 16.2. The third-order valence-electron chi connectivity index (χ3n) is 4.54. The van der Waals surface area contributed by atoms with Gasteiger partial charge in [-0.3, -0.25) is 0 Å². The average molecular weight is 431 g/mol. The van der Waals surface area contributed by atoms with E-state index in [1.165, 1.54) is 0 Å². The predicted molar refractivity (Wildman–Crippen MR) is 95.2 cm³/mol. The van der Waals surface area contributed by atoms with E-state index in [-0.39, 0.29) is 24.9 Å². The standard InChI is InChI=1S/C16H21F3N2O4S.ClH/c1-25-15(22)12-7-6-11(8-13(12)16(17,18)19)26(23,24)21-14(9-20)10-4-2-3-5-10;/h6-8,10,14,21H,2-5,9,20H2,1H3;1H. The third kappa shape index (κ3) is 5.56. The Kier molecular flexibility index (Phi) is 8.09. The van der Waals surface area contributed by atoms with Crippen LogP contribution in [0.2, 0.25) is 0 Å². The van der Waals surface area contributed by atoms with Gasteiger partial charge in [0.1, 0.15) is 0 Å². The molecule has 2 rings (SSSR count). The third-order valence-corrected chi connectivity index (χ3v) is 6.03. The molecule has 0 aromatic heterocycles. The highest BCUT2D eigenvalue weighted by Crippen LogP contribution is 2.34. The van der Waals surface area contributed by atoms with Crippen LogP contribution in [0.3, 0.4) is 0 Å². The quantitative estimate of drug-likeness (QED) is 0.676. The lowest BCUT2D eigenvalue weighted by molar-refractivity contribution is -0.138. The number of rotatable bonds is 6. The van der Waals surface area contributed by atoms with Gasteiger partial charge in [0, 0.05) is 12.6 Å². The Morgan fingerprint density at radius 1 is 1.33 bits per heavy atom. The van der Waals surface area contributed by atoms with Crippen LogP contribution in [0.1, 0.15) is 41.6 Å². The van der Waals surface area contributed by atoms with Crippen molar-refractivity contribution >= 4 is 28.4 Å². The van der Waals surface area contributed by atoms with Gasteiger partial charge in [-0.25, -0.2) is 17.9 Å².